The van der Waals surface area contributed by atoms with Crippen LogP contribution < -0.4 is 4.74 Å². The summed E-state index contributed by atoms with van der Waals surface area (Å²) in [5, 5.41) is 10.9. The second-order valence-electron chi connectivity index (χ2n) is 4.94. The zero-order chi connectivity index (χ0) is 17.5. The van der Waals surface area contributed by atoms with Crippen LogP contribution in [0.5, 0.6) is 5.75 Å². The Kier molecular flexibility index (Phi) is 5.62. The molecule has 0 saturated heterocycles. The van der Waals surface area contributed by atoms with E-state index in [1.807, 2.05) is 6.07 Å². The molecule has 2 aromatic rings. The molecule has 0 N–H and O–H groups in total. The molecule has 0 spiro atoms. The molecule has 7 nitrogen and oxygen atoms in total. The fourth-order valence-corrected chi connectivity index (χ4v) is 1.91. The van der Waals surface area contributed by atoms with Gasteiger partial charge in [0.2, 0.25) is 5.78 Å². The van der Waals surface area contributed by atoms with Crippen molar-refractivity contribution in [2.75, 3.05) is 13.2 Å². The van der Waals surface area contributed by atoms with Gasteiger partial charge in [-0.3, -0.25) is 14.9 Å². The number of para-hydroxylation sites is 1. The summed E-state index contributed by atoms with van der Waals surface area (Å²) < 4.78 is 10.0. The molecule has 2 aromatic carbocycles. The Bertz CT molecular complexity index is 757. The molecule has 0 aliphatic heterocycles. The third kappa shape index (κ3) is 4.64. The molecule has 0 aliphatic rings. The van der Waals surface area contributed by atoms with Crippen LogP contribution in [0.15, 0.2) is 48.5 Å². The van der Waals surface area contributed by atoms with E-state index in [4.69, 9.17) is 9.47 Å². The third-order valence-electron chi connectivity index (χ3n) is 3.19. The molecule has 0 radical (unpaired) electrons. The SMILES string of the molecule is Cc1ccc(C(=O)COC(=O)COc2ccccc2)cc1[N+](=O)[O-]. The van der Waals surface area contributed by atoms with E-state index in [1.54, 1.807) is 31.2 Å². The molecule has 0 saturated carbocycles. The summed E-state index contributed by atoms with van der Waals surface area (Å²) in [6.45, 7) is 0.746. The van der Waals surface area contributed by atoms with E-state index in [0.717, 1.165) is 0 Å². The number of esters is 1. The van der Waals surface area contributed by atoms with Crippen LogP contribution in [0, 0.1) is 17.0 Å². The molecule has 0 fully saturated rings. The Labute approximate surface area is 138 Å². The molecule has 0 amide bonds. The van der Waals surface area contributed by atoms with Crippen molar-refractivity contribution in [3.05, 3.63) is 69.8 Å². The Hall–Kier alpha value is -3.22. The number of ether oxygens (including phenoxy) is 2. The molecule has 2 rings (SSSR count). The summed E-state index contributed by atoms with van der Waals surface area (Å²) in [4.78, 5) is 33.9. The molecule has 124 valence electrons. The number of carbonyl (C=O) groups is 2. The first kappa shape index (κ1) is 17.1. The summed E-state index contributed by atoms with van der Waals surface area (Å²) in [7, 11) is 0. The van der Waals surface area contributed by atoms with Gasteiger partial charge in [-0.15, -0.1) is 0 Å². The Morgan fingerprint density at radius 1 is 1.08 bits per heavy atom. The van der Waals surface area contributed by atoms with E-state index in [9.17, 15) is 19.7 Å². The van der Waals surface area contributed by atoms with E-state index >= 15 is 0 Å². The van der Waals surface area contributed by atoms with Crippen LogP contribution in [0.3, 0.4) is 0 Å². The first-order chi connectivity index (χ1) is 11.5. The van der Waals surface area contributed by atoms with Crippen molar-refractivity contribution in [2.24, 2.45) is 0 Å². The van der Waals surface area contributed by atoms with Crippen LogP contribution in [-0.2, 0) is 9.53 Å². The Morgan fingerprint density at radius 2 is 1.79 bits per heavy atom. The largest absolute Gasteiger partial charge is 0.482 e. The summed E-state index contributed by atoms with van der Waals surface area (Å²) in [5.41, 5.74) is 0.411. The first-order valence-electron chi connectivity index (χ1n) is 7.09. The van der Waals surface area contributed by atoms with Crippen LogP contribution in [-0.4, -0.2) is 29.9 Å². The van der Waals surface area contributed by atoms with Crippen molar-refractivity contribution in [3.63, 3.8) is 0 Å². The second kappa shape index (κ2) is 7.87. The summed E-state index contributed by atoms with van der Waals surface area (Å²) in [6, 6.07) is 12.8. The fourth-order valence-electron chi connectivity index (χ4n) is 1.91. The van der Waals surface area contributed by atoms with Gasteiger partial charge in [-0.05, 0) is 19.1 Å². The van der Waals surface area contributed by atoms with Gasteiger partial charge in [0.25, 0.3) is 5.69 Å². The van der Waals surface area contributed by atoms with E-state index in [1.165, 1.54) is 18.2 Å². The number of rotatable bonds is 7. The van der Waals surface area contributed by atoms with Crippen molar-refractivity contribution in [3.8, 4) is 5.75 Å². The standard InChI is InChI=1S/C17H15NO6/c1-12-7-8-13(9-15(12)18(21)22)16(19)10-24-17(20)11-23-14-5-3-2-4-6-14/h2-9H,10-11H2,1H3. The van der Waals surface area contributed by atoms with Crippen LogP contribution in [0.4, 0.5) is 5.69 Å². The second-order valence-corrected chi connectivity index (χ2v) is 4.94. The van der Waals surface area contributed by atoms with Crippen molar-refractivity contribution in [2.45, 2.75) is 6.92 Å². The molecule has 0 unspecified atom stereocenters. The highest BCUT2D eigenvalue weighted by Crippen LogP contribution is 2.19. The fraction of sp³-hybridized carbons (Fsp3) is 0.176. The lowest BCUT2D eigenvalue weighted by Crippen LogP contribution is -2.19. The van der Waals surface area contributed by atoms with E-state index in [-0.39, 0.29) is 17.9 Å². The lowest BCUT2D eigenvalue weighted by molar-refractivity contribution is -0.385. The van der Waals surface area contributed by atoms with Gasteiger partial charge in [-0.1, -0.05) is 30.3 Å². The van der Waals surface area contributed by atoms with Gasteiger partial charge in [0.15, 0.2) is 13.2 Å². The molecule has 0 aromatic heterocycles. The zero-order valence-corrected chi connectivity index (χ0v) is 12.9. The first-order valence-corrected chi connectivity index (χ1v) is 7.09. The number of nitro benzene ring substituents is 1. The zero-order valence-electron chi connectivity index (χ0n) is 12.9. The minimum absolute atomic E-state index is 0.115. The Morgan fingerprint density at radius 3 is 2.46 bits per heavy atom. The molecular weight excluding hydrogens is 314 g/mol. The summed E-state index contributed by atoms with van der Waals surface area (Å²) in [5.74, 6) is -0.713. The number of hydrogen-bond donors (Lipinski definition) is 0. The van der Waals surface area contributed by atoms with Gasteiger partial charge in [-0.2, -0.15) is 0 Å². The van der Waals surface area contributed by atoms with Crippen LogP contribution >= 0.6 is 0 Å². The van der Waals surface area contributed by atoms with E-state index < -0.39 is 23.3 Å². The van der Waals surface area contributed by atoms with Crippen molar-refractivity contribution < 1.29 is 24.0 Å². The van der Waals surface area contributed by atoms with E-state index in [0.29, 0.717) is 11.3 Å². The van der Waals surface area contributed by atoms with E-state index in [2.05, 4.69) is 0 Å². The lowest BCUT2D eigenvalue weighted by Gasteiger charge is -2.07. The highest BCUT2D eigenvalue weighted by Gasteiger charge is 2.16. The average Bonchev–Trinajstić information content (AvgIpc) is 2.59. The number of nitrogens with zero attached hydrogens (tertiary/aromatic N) is 1. The molecule has 0 atom stereocenters. The van der Waals surface area contributed by atoms with Crippen molar-refractivity contribution >= 4 is 17.4 Å². The number of Topliss-reactive ketones (excluding diaryl/α,β-unsaturated/α-hetero) is 1. The highest BCUT2D eigenvalue weighted by molar-refractivity contribution is 5.98. The van der Waals surface area contributed by atoms with Crippen molar-refractivity contribution in [1.29, 1.82) is 0 Å². The van der Waals surface area contributed by atoms with Gasteiger partial charge in [0.05, 0.1) is 4.92 Å². The molecule has 24 heavy (non-hydrogen) atoms. The number of hydrogen-bond acceptors (Lipinski definition) is 6. The van der Waals surface area contributed by atoms with Crippen LogP contribution in [0.25, 0.3) is 0 Å². The number of aryl methyl sites for hydroxylation is 1. The Balaban J connectivity index is 1.87. The highest BCUT2D eigenvalue weighted by atomic mass is 16.6. The summed E-state index contributed by atoms with van der Waals surface area (Å²) in [6.07, 6.45) is 0. The maximum absolute atomic E-state index is 12.0. The van der Waals surface area contributed by atoms with Gasteiger partial charge in [0, 0.05) is 17.2 Å². The molecular formula is C17H15NO6. The van der Waals surface area contributed by atoms with Crippen LogP contribution in [0.1, 0.15) is 15.9 Å². The number of carbonyl (C=O) groups excluding carboxylic acids is 2. The monoisotopic (exact) mass is 329 g/mol. The molecule has 0 aliphatic carbocycles. The number of benzene rings is 2. The van der Waals surface area contributed by atoms with Crippen molar-refractivity contribution in [1.82, 2.24) is 0 Å². The lowest BCUT2D eigenvalue weighted by atomic mass is 10.1. The molecule has 0 bridgehead atoms. The maximum atomic E-state index is 12.0. The van der Waals surface area contributed by atoms with Gasteiger partial charge >= 0.3 is 5.97 Å². The van der Waals surface area contributed by atoms with Gasteiger partial charge < -0.3 is 9.47 Å². The average molecular weight is 329 g/mol. The van der Waals surface area contributed by atoms with Gasteiger partial charge in [-0.25, -0.2) is 4.79 Å². The smallest absolute Gasteiger partial charge is 0.344 e. The van der Waals surface area contributed by atoms with Crippen LogP contribution in [0.2, 0.25) is 0 Å². The predicted octanol–water partition coefficient (Wildman–Crippen LogP) is 2.71. The minimum Gasteiger partial charge on any atom is -0.482 e. The number of ketones is 1. The number of nitro groups is 1. The summed E-state index contributed by atoms with van der Waals surface area (Å²) >= 11 is 0. The molecule has 0 heterocycles. The van der Waals surface area contributed by atoms with Gasteiger partial charge in [0.1, 0.15) is 5.75 Å². The predicted molar refractivity (Wildman–Crippen MR) is 85.1 cm³/mol. The third-order valence-corrected chi connectivity index (χ3v) is 3.19. The maximum Gasteiger partial charge on any atom is 0.344 e. The normalized spacial score (nSPS) is 10.0. The molecule has 7 heteroatoms. The topological polar surface area (TPSA) is 95.7 Å². The minimum atomic E-state index is -0.700. The quantitative estimate of drug-likeness (QED) is 0.335.